The molecule has 0 bridgehead atoms. The quantitative estimate of drug-likeness (QED) is 0.529. The number of hydrogen-bond donors (Lipinski definition) is 0. The first kappa shape index (κ1) is 16.1. The van der Waals surface area contributed by atoms with E-state index in [1.165, 1.54) is 11.8 Å². The molecule has 3 aromatic rings. The average Bonchev–Trinajstić information content (AvgIpc) is 2.63. The minimum absolute atomic E-state index is 0.119. The van der Waals surface area contributed by atoms with Crippen LogP contribution in [0.25, 0.3) is 10.9 Å². The molecule has 2 aromatic carbocycles. The van der Waals surface area contributed by atoms with E-state index in [2.05, 4.69) is 11.1 Å². The molecule has 0 unspecified atom stereocenters. The van der Waals surface area contributed by atoms with Gasteiger partial charge in [0.05, 0.1) is 36.4 Å². The fourth-order valence-electron chi connectivity index (χ4n) is 2.50. The molecule has 0 saturated heterocycles. The van der Waals surface area contributed by atoms with Gasteiger partial charge in [-0.15, -0.1) is 0 Å². The number of thioether (sulfide) groups is 1. The lowest BCUT2D eigenvalue weighted by Crippen LogP contribution is -2.24. The van der Waals surface area contributed by atoms with Crippen LogP contribution < -0.4 is 10.3 Å². The minimum atomic E-state index is -0.119. The molecular formula is C18H15N3O2S. The number of ether oxygens (including phenoxy) is 1. The van der Waals surface area contributed by atoms with Crippen LogP contribution in [0.4, 0.5) is 0 Å². The molecule has 0 saturated carbocycles. The van der Waals surface area contributed by atoms with Crippen molar-refractivity contribution in [1.29, 1.82) is 5.26 Å². The highest BCUT2D eigenvalue weighted by molar-refractivity contribution is 7.99. The number of para-hydroxylation sites is 2. The van der Waals surface area contributed by atoms with E-state index in [1.807, 2.05) is 36.4 Å². The molecule has 0 aliphatic carbocycles. The van der Waals surface area contributed by atoms with E-state index in [1.54, 1.807) is 23.8 Å². The zero-order valence-corrected chi connectivity index (χ0v) is 13.9. The Labute approximate surface area is 143 Å². The van der Waals surface area contributed by atoms with E-state index in [-0.39, 0.29) is 11.3 Å². The van der Waals surface area contributed by atoms with E-state index in [0.29, 0.717) is 28.4 Å². The Morgan fingerprint density at radius 2 is 1.96 bits per heavy atom. The highest BCUT2D eigenvalue weighted by atomic mass is 32.2. The van der Waals surface area contributed by atoms with Crippen LogP contribution >= 0.6 is 11.8 Å². The third kappa shape index (κ3) is 3.12. The van der Waals surface area contributed by atoms with Gasteiger partial charge in [0, 0.05) is 5.56 Å². The largest absolute Gasteiger partial charge is 0.496 e. The van der Waals surface area contributed by atoms with Crippen molar-refractivity contribution in [1.82, 2.24) is 9.55 Å². The first-order chi connectivity index (χ1) is 11.7. The third-order valence-electron chi connectivity index (χ3n) is 3.61. The Balaban J connectivity index is 2.15. The van der Waals surface area contributed by atoms with Gasteiger partial charge in [-0.2, -0.15) is 5.26 Å². The van der Waals surface area contributed by atoms with Gasteiger partial charge in [-0.1, -0.05) is 42.1 Å². The highest BCUT2D eigenvalue weighted by Crippen LogP contribution is 2.22. The van der Waals surface area contributed by atoms with Gasteiger partial charge in [-0.25, -0.2) is 4.98 Å². The normalized spacial score (nSPS) is 10.5. The van der Waals surface area contributed by atoms with Gasteiger partial charge in [0.15, 0.2) is 5.16 Å². The smallest absolute Gasteiger partial charge is 0.262 e. The summed E-state index contributed by atoms with van der Waals surface area (Å²) in [6.07, 6.45) is 0. The Hall–Kier alpha value is -2.78. The van der Waals surface area contributed by atoms with E-state index >= 15 is 0 Å². The predicted octanol–water partition coefficient (Wildman–Crippen LogP) is 3.07. The Bertz CT molecular complexity index is 976. The molecule has 0 aliphatic rings. The maximum absolute atomic E-state index is 12.9. The van der Waals surface area contributed by atoms with Crippen LogP contribution in [0, 0.1) is 11.3 Å². The summed E-state index contributed by atoms with van der Waals surface area (Å²) in [5.74, 6) is 0.949. The molecule has 1 aromatic heterocycles. The average molecular weight is 337 g/mol. The zero-order chi connectivity index (χ0) is 16.9. The van der Waals surface area contributed by atoms with E-state index < -0.39 is 0 Å². The molecule has 5 nitrogen and oxygen atoms in total. The monoisotopic (exact) mass is 337 g/mol. The molecule has 0 fully saturated rings. The molecule has 0 N–H and O–H groups in total. The first-order valence-electron chi connectivity index (χ1n) is 7.36. The van der Waals surface area contributed by atoms with Crippen LogP contribution in [0.1, 0.15) is 5.56 Å². The van der Waals surface area contributed by atoms with Gasteiger partial charge in [0.1, 0.15) is 5.75 Å². The Morgan fingerprint density at radius 1 is 1.21 bits per heavy atom. The molecule has 3 rings (SSSR count). The molecule has 0 amide bonds. The van der Waals surface area contributed by atoms with Crippen molar-refractivity contribution in [3.05, 3.63) is 64.4 Å². The second kappa shape index (κ2) is 7.20. The topological polar surface area (TPSA) is 67.9 Å². The number of methoxy groups -OCH3 is 1. The summed E-state index contributed by atoms with van der Waals surface area (Å²) in [6, 6.07) is 16.9. The van der Waals surface area contributed by atoms with Crippen LogP contribution in [0.5, 0.6) is 5.75 Å². The van der Waals surface area contributed by atoms with Crippen LogP contribution in [0.3, 0.4) is 0 Å². The summed E-state index contributed by atoms with van der Waals surface area (Å²) < 4.78 is 6.97. The van der Waals surface area contributed by atoms with Crippen molar-refractivity contribution >= 4 is 22.7 Å². The SMILES string of the molecule is COc1ccccc1Cn1c(SCC#N)nc2ccccc2c1=O. The van der Waals surface area contributed by atoms with Gasteiger partial charge in [0.25, 0.3) is 5.56 Å². The molecule has 120 valence electrons. The molecule has 24 heavy (non-hydrogen) atoms. The van der Waals surface area contributed by atoms with Crippen molar-refractivity contribution in [3.8, 4) is 11.8 Å². The van der Waals surface area contributed by atoms with Crippen molar-refractivity contribution < 1.29 is 4.74 Å². The lowest BCUT2D eigenvalue weighted by atomic mass is 10.2. The maximum atomic E-state index is 12.9. The summed E-state index contributed by atoms with van der Waals surface area (Å²) in [4.78, 5) is 17.5. The fraction of sp³-hybridized carbons (Fsp3) is 0.167. The number of rotatable bonds is 5. The fourth-order valence-corrected chi connectivity index (χ4v) is 3.16. The van der Waals surface area contributed by atoms with Gasteiger partial charge in [-0.3, -0.25) is 9.36 Å². The molecule has 0 spiro atoms. The number of benzene rings is 2. The summed E-state index contributed by atoms with van der Waals surface area (Å²) in [6.45, 7) is 0.342. The van der Waals surface area contributed by atoms with Gasteiger partial charge in [0.2, 0.25) is 0 Å². The second-order valence-corrected chi connectivity index (χ2v) is 6.00. The Kier molecular flexibility index (Phi) is 4.82. The van der Waals surface area contributed by atoms with Crippen molar-refractivity contribution in [3.63, 3.8) is 0 Å². The molecule has 6 heteroatoms. The maximum Gasteiger partial charge on any atom is 0.262 e. The molecular weight excluding hydrogens is 322 g/mol. The third-order valence-corrected chi connectivity index (χ3v) is 4.46. The standard InChI is InChI=1S/C18H15N3O2S/c1-23-16-9-5-2-6-13(16)12-21-17(22)14-7-3-4-8-15(14)20-18(21)24-11-10-19/h2-9H,11-12H2,1H3. The summed E-state index contributed by atoms with van der Waals surface area (Å²) in [7, 11) is 1.60. The Morgan fingerprint density at radius 3 is 2.75 bits per heavy atom. The van der Waals surface area contributed by atoms with Crippen molar-refractivity contribution in [2.24, 2.45) is 0 Å². The minimum Gasteiger partial charge on any atom is -0.496 e. The zero-order valence-electron chi connectivity index (χ0n) is 13.1. The van der Waals surface area contributed by atoms with E-state index in [4.69, 9.17) is 10.00 Å². The lowest BCUT2D eigenvalue weighted by Gasteiger charge is -2.14. The molecule has 1 heterocycles. The van der Waals surface area contributed by atoms with Crippen LogP contribution in [-0.4, -0.2) is 22.4 Å². The first-order valence-corrected chi connectivity index (χ1v) is 8.34. The van der Waals surface area contributed by atoms with E-state index in [9.17, 15) is 4.79 Å². The number of nitrogens with zero attached hydrogens (tertiary/aromatic N) is 3. The molecule has 0 atom stereocenters. The van der Waals surface area contributed by atoms with Crippen molar-refractivity contribution in [2.75, 3.05) is 12.9 Å². The summed E-state index contributed by atoms with van der Waals surface area (Å²) in [5, 5.41) is 9.96. The van der Waals surface area contributed by atoms with Crippen molar-refractivity contribution in [2.45, 2.75) is 11.7 Å². The number of nitriles is 1. The number of fused-ring (bicyclic) bond motifs is 1. The van der Waals surface area contributed by atoms with Gasteiger partial charge >= 0.3 is 0 Å². The number of aromatic nitrogens is 2. The summed E-state index contributed by atoms with van der Waals surface area (Å²) >= 11 is 1.26. The van der Waals surface area contributed by atoms with Crippen LogP contribution in [0.2, 0.25) is 0 Å². The van der Waals surface area contributed by atoms with E-state index in [0.717, 1.165) is 5.56 Å². The van der Waals surface area contributed by atoms with Gasteiger partial charge < -0.3 is 4.74 Å². The highest BCUT2D eigenvalue weighted by Gasteiger charge is 2.13. The summed E-state index contributed by atoms with van der Waals surface area (Å²) in [5.41, 5.74) is 1.41. The second-order valence-electron chi connectivity index (χ2n) is 5.06. The lowest BCUT2D eigenvalue weighted by molar-refractivity contribution is 0.407. The molecule has 0 aliphatic heterocycles. The number of hydrogen-bond acceptors (Lipinski definition) is 5. The molecule has 0 radical (unpaired) electrons. The van der Waals surface area contributed by atoms with Gasteiger partial charge in [-0.05, 0) is 18.2 Å². The van der Waals surface area contributed by atoms with Crippen LogP contribution in [0.15, 0.2) is 58.5 Å². The predicted molar refractivity (Wildman–Crippen MR) is 94.4 cm³/mol. The van der Waals surface area contributed by atoms with Crippen LogP contribution in [-0.2, 0) is 6.54 Å².